The van der Waals surface area contributed by atoms with Crippen LogP contribution in [0.3, 0.4) is 0 Å². The van der Waals surface area contributed by atoms with Gasteiger partial charge in [-0.25, -0.2) is 0 Å². The summed E-state index contributed by atoms with van der Waals surface area (Å²) in [6, 6.07) is 6.24. The summed E-state index contributed by atoms with van der Waals surface area (Å²) < 4.78 is 1.08. The van der Waals surface area contributed by atoms with E-state index < -0.39 is 5.97 Å². The first kappa shape index (κ1) is 15.2. The highest BCUT2D eigenvalue weighted by Crippen LogP contribution is 2.18. The van der Waals surface area contributed by atoms with Crippen molar-refractivity contribution < 1.29 is 9.90 Å². The van der Waals surface area contributed by atoms with Crippen molar-refractivity contribution in [1.82, 2.24) is 4.90 Å². The van der Waals surface area contributed by atoms with Crippen LogP contribution in [-0.2, 0) is 11.3 Å². The van der Waals surface area contributed by atoms with Crippen molar-refractivity contribution in [3.05, 3.63) is 33.8 Å². The van der Waals surface area contributed by atoms with Crippen LogP contribution in [0, 0.1) is 12.8 Å². The Hall–Kier alpha value is -0.870. The highest BCUT2D eigenvalue weighted by atomic mass is 79.9. The van der Waals surface area contributed by atoms with Gasteiger partial charge in [-0.15, -0.1) is 0 Å². The van der Waals surface area contributed by atoms with E-state index in [2.05, 4.69) is 39.9 Å². The lowest BCUT2D eigenvalue weighted by Gasteiger charge is -2.21. The molecule has 18 heavy (non-hydrogen) atoms. The molecule has 0 spiro atoms. The molecule has 1 aromatic rings. The number of carboxylic acids is 1. The smallest absolute Gasteiger partial charge is 0.303 e. The number of halogens is 1. The fourth-order valence-corrected chi connectivity index (χ4v) is 2.47. The number of aryl methyl sites for hydroxylation is 1. The third-order valence-electron chi connectivity index (χ3n) is 2.90. The maximum atomic E-state index is 10.6. The molecule has 100 valence electrons. The average Bonchev–Trinajstić information content (AvgIpc) is 2.21. The van der Waals surface area contributed by atoms with Crippen molar-refractivity contribution in [2.24, 2.45) is 5.92 Å². The van der Waals surface area contributed by atoms with Gasteiger partial charge in [0.05, 0.1) is 0 Å². The maximum absolute atomic E-state index is 10.6. The van der Waals surface area contributed by atoms with Gasteiger partial charge in [-0.2, -0.15) is 0 Å². The molecule has 0 amide bonds. The highest BCUT2D eigenvalue weighted by Gasteiger charge is 2.11. The molecule has 0 heterocycles. The van der Waals surface area contributed by atoms with Crippen LogP contribution in [0.4, 0.5) is 0 Å². The Morgan fingerprint density at radius 3 is 2.78 bits per heavy atom. The van der Waals surface area contributed by atoms with E-state index in [1.807, 2.05) is 20.0 Å². The Balaban J connectivity index is 2.56. The molecule has 3 nitrogen and oxygen atoms in total. The van der Waals surface area contributed by atoms with Crippen LogP contribution in [0.2, 0.25) is 0 Å². The topological polar surface area (TPSA) is 40.5 Å². The molecule has 1 aromatic carbocycles. The molecule has 1 rings (SSSR count). The number of carboxylic acid groups (broad SMARTS) is 1. The van der Waals surface area contributed by atoms with Crippen molar-refractivity contribution in [2.45, 2.75) is 26.8 Å². The van der Waals surface area contributed by atoms with Gasteiger partial charge >= 0.3 is 5.97 Å². The largest absolute Gasteiger partial charge is 0.481 e. The zero-order chi connectivity index (χ0) is 13.7. The average molecular weight is 314 g/mol. The molecule has 0 aromatic heterocycles. The second-order valence-electron chi connectivity index (χ2n) is 4.97. The van der Waals surface area contributed by atoms with Crippen LogP contribution < -0.4 is 0 Å². The Bertz CT molecular complexity index is 420. The molecular weight excluding hydrogens is 294 g/mol. The first-order valence-corrected chi connectivity index (χ1v) is 6.83. The fourth-order valence-electron chi connectivity index (χ4n) is 2.06. The van der Waals surface area contributed by atoms with Gasteiger partial charge < -0.3 is 10.0 Å². The number of aliphatic carboxylic acids is 1. The Morgan fingerprint density at radius 2 is 2.17 bits per heavy atom. The van der Waals surface area contributed by atoms with Crippen LogP contribution in [0.25, 0.3) is 0 Å². The van der Waals surface area contributed by atoms with Gasteiger partial charge in [0.15, 0.2) is 0 Å². The number of hydrogen-bond donors (Lipinski definition) is 1. The van der Waals surface area contributed by atoms with Crippen LogP contribution in [0.15, 0.2) is 22.7 Å². The van der Waals surface area contributed by atoms with Gasteiger partial charge in [0, 0.05) is 24.0 Å². The van der Waals surface area contributed by atoms with Crippen molar-refractivity contribution in [3.63, 3.8) is 0 Å². The summed E-state index contributed by atoms with van der Waals surface area (Å²) in [5.41, 5.74) is 2.53. The zero-order valence-electron chi connectivity index (χ0n) is 11.1. The van der Waals surface area contributed by atoms with Crippen molar-refractivity contribution in [1.29, 1.82) is 0 Å². The summed E-state index contributed by atoms with van der Waals surface area (Å²) in [4.78, 5) is 12.8. The van der Waals surface area contributed by atoms with E-state index in [9.17, 15) is 4.79 Å². The molecule has 0 aliphatic heterocycles. The number of nitrogens with zero attached hydrogens (tertiary/aromatic N) is 1. The maximum Gasteiger partial charge on any atom is 0.303 e. The first-order valence-electron chi connectivity index (χ1n) is 6.04. The van der Waals surface area contributed by atoms with Crippen LogP contribution >= 0.6 is 15.9 Å². The molecule has 0 radical (unpaired) electrons. The minimum absolute atomic E-state index is 0.167. The van der Waals surface area contributed by atoms with Crippen molar-refractivity contribution in [2.75, 3.05) is 13.6 Å². The van der Waals surface area contributed by atoms with E-state index >= 15 is 0 Å². The molecule has 0 saturated carbocycles. The molecule has 0 saturated heterocycles. The quantitative estimate of drug-likeness (QED) is 0.876. The normalized spacial score (nSPS) is 12.7. The standard InChI is InChI=1S/C14H20BrNO2/c1-10(6-14(17)18)8-16(3)9-12-7-13(15)5-4-11(12)2/h4-5,7,10H,6,8-9H2,1-3H3,(H,17,18). The lowest BCUT2D eigenvalue weighted by molar-refractivity contribution is -0.138. The molecule has 1 N–H and O–H groups in total. The summed E-state index contributed by atoms with van der Waals surface area (Å²) in [5.74, 6) is -0.561. The molecule has 1 atom stereocenters. The molecule has 0 bridgehead atoms. The van der Waals surface area contributed by atoms with E-state index in [4.69, 9.17) is 5.11 Å². The van der Waals surface area contributed by atoms with Crippen LogP contribution in [-0.4, -0.2) is 29.6 Å². The summed E-state index contributed by atoms with van der Waals surface area (Å²) in [5, 5.41) is 8.74. The van der Waals surface area contributed by atoms with Gasteiger partial charge in [-0.1, -0.05) is 28.9 Å². The number of rotatable bonds is 6. The monoisotopic (exact) mass is 313 g/mol. The van der Waals surface area contributed by atoms with Crippen molar-refractivity contribution >= 4 is 21.9 Å². The summed E-state index contributed by atoms with van der Waals surface area (Å²) in [6.45, 7) is 5.70. The summed E-state index contributed by atoms with van der Waals surface area (Å²) in [7, 11) is 2.03. The molecule has 0 fully saturated rings. The van der Waals surface area contributed by atoms with E-state index in [0.29, 0.717) is 0 Å². The second-order valence-corrected chi connectivity index (χ2v) is 5.89. The predicted octanol–water partition coefficient (Wildman–Crippen LogP) is 3.30. The zero-order valence-corrected chi connectivity index (χ0v) is 12.7. The second kappa shape index (κ2) is 6.90. The third-order valence-corrected chi connectivity index (χ3v) is 3.39. The predicted molar refractivity (Wildman–Crippen MR) is 76.6 cm³/mol. The number of hydrogen-bond acceptors (Lipinski definition) is 2. The van der Waals surface area contributed by atoms with Gasteiger partial charge in [0.25, 0.3) is 0 Å². The summed E-state index contributed by atoms with van der Waals surface area (Å²) in [6.07, 6.45) is 0.224. The lowest BCUT2D eigenvalue weighted by atomic mass is 10.1. The van der Waals surface area contributed by atoms with Gasteiger partial charge in [-0.3, -0.25) is 4.79 Å². The van der Waals surface area contributed by atoms with Gasteiger partial charge in [0.2, 0.25) is 0 Å². The SMILES string of the molecule is Cc1ccc(Br)cc1CN(C)CC(C)CC(=O)O. The van der Waals surface area contributed by atoms with Gasteiger partial charge in [-0.05, 0) is 43.1 Å². The Labute approximate surface area is 117 Å². The van der Waals surface area contributed by atoms with Gasteiger partial charge in [0.1, 0.15) is 0 Å². The minimum Gasteiger partial charge on any atom is -0.481 e. The minimum atomic E-state index is -0.727. The van der Waals surface area contributed by atoms with Crippen LogP contribution in [0.5, 0.6) is 0 Å². The van der Waals surface area contributed by atoms with E-state index in [0.717, 1.165) is 17.6 Å². The molecule has 0 aliphatic carbocycles. The molecule has 0 aliphatic rings. The third kappa shape index (κ3) is 5.19. The number of carbonyl (C=O) groups is 1. The molecule has 1 unspecified atom stereocenters. The first-order chi connectivity index (χ1) is 8.38. The number of benzene rings is 1. The van der Waals surface area contributed by atoms with E-state index in [1.165, 1.54) is 11.1 Å². The van der Waals surface area contributed by atoms with Crippen molar-refractivity contribution in [3.8, 4) is 0 Å². The summed E-state index contributed by atoms with van der Waals surface area (Å²) >= 11 is 3.47. The molecule has 4 heteroatoms. The highest BCUT2D eigenvalue weighted by molar-refractivity contribution is 9.10. The van der Waals surface area contributed by atoms with E-state index in [-0.39, 0.29) is 12.3 Å². The Kier molecular flexibility index (Phi) is 5.82. The Morgan fingerprint density at radius 1 is 1.50 bits per heavy atom. The lowest BCUT2D eigenvalue weighted by Crippen LogP contribution is -2.25. The fraction of sp³-hybridized carbons (Fsp3) is 0.500. The van der Waals surface area contributed by atoms with E-state index in [1.54, 1.807) is 0 Å². The van der Waals surface area contributed by atoms with Crippen LogP contribution in [0.1, 0.15) is 24.5 Å². The molecular formula is C14H20BrNO2.